The Morgan fingerprint density at radius 3 is 2.89 bits per heavy atom. The number of imidazole rings is 1. The van der Waals surface area contributed by atoms with E-state index in [-0.39, 0.29) is 12.4 Å². The van der Waals surface area contributed by atoms with E-state index in [1.54, 1.807) is 30.7 Å². The van der Waals surface area contributed by atoms with E-state index in [2.05, 4.69) is 9.97 Å². The van der Waals surface area contributed by atoms with Crippen LogP contribution in [0.15, 0.2) is 42.9 Å². The van der Waals surface area contributed by atoms with E-state index in [9.17, 15) is 4.39 Å². The molecule has 0 unspecified atom stereocenters. The van der Waals surface area contributed by atoms with Gasteiger partial charge in [0.2, 0.25) is 5.88 Å². The van der Waals surface area contributed by atoms with Crippen LogP contribution in [-0.2, 0) is 13.7 Å². The molecule has 0 aliphatic heterocycles. The summed E-state index contributed by atoms with van der Waals surface area (Å²) >= 11 is 0. The van der Waals surface area contributed by atoms with Gasteiger partial charge in [-0.1, -0.05) is 18.2 Å². The van der Waals surface area contributed by atoms with Crippen LogP contribution in [0.5, 0.6) is 5.88 Å². The number of hydrogen-bond donors (Lipinski definition) is 0. The van der Waals surface area contributed by atoms with E-state index in [4.69, 9.17) is 4.74 Å². The number of aromatic nitrogens is 3. The van der Waals surface area contributed by atoms with Gasteiger partial charge in [-0.25, -0.2) is 14.4 Å². The van der Waals surface area contributed by atoms with Crippen LogP contribution < -0.4 is 4.74 Å². The lowest BCUT2D eigenvalue weighted by Crippen LogP contribution is -2.00. The van der Waals surface area contributed by atoms with Gasteiger partial charge in [-0.15, -0.1) is 0 Å². The van der Waals surface area contributed by atoms with Crippen molar-refractivity contribution in [3.05, 3.63) is 54.2 Å². The Bertz CT molecular complexity index is 724. The highest BCUT2D eigenvalue weighted by Crippen LogP contribution is 2.21. The van der Waals surface area contributed by atoms with Crippen molar-refractivity contribution in [2.45, 2.75) is 6.61 Å². The number of nitrogens with zero attached hydrogens (tertiary/aromatic N) is 3. The minimum atomic E-state index is -0.282. The van der Waals surface area contributed by atoms with Crippen LogP contribution in [0.1, 0.15) is 5.56 Å². The van der Waals surface area contributed by atoms with Crippen LogP contribution in [0.3, 0.4) is 0 Å². The molecule has 0 radical (unpaired) electrons. The zero-order valence-electron chi connectivity index (χ0n) is 10.4. The largest absolute Gasteiger partial charge is 0.471 e. The first-order valence-corrected chi connectivity index (χ1v) is 5.88. The second kappa shape index (κ2) is 4.68. The second-order valence-corrected chi connectivity index (χ2v) is 4.22. The van der Waals surface area contributed by atoms with Gasteiger partial charge in [0.1, 0.15) is 12.4 Å². The molecule has 5 heteroatoms. The number of aryl methyl sites for hydroxylation is 1. The Labute approximate surface area is 109 Å². The zero-order valence-corrected chi connectivity index (χ0v) is 10.4. The van der Waals surface area contributed by atoms with Gasteiger partial charge in [0.15, 0.2) is 5.52 Å². The van der Waals surface area contributed by atoms with Crippen LogP contribution in [-0.4, -0.2) is 14.5 Å². The van der Waals surface area contributed by atoms with Gasteiger partial charge in [-0.3, -0.25) is 0 Å². The van der Waals surface area contributed by atoms with Crippen molar-refractivity contribution in [1.29, 1.82) is 0 Å². The number of ether oxygens (including phenoxy) is 1. The standard InChI is InChI=1S/C14H12FN3O/c1-18-9-17-13-12(18)6-7-16-14(13)19-8-10-4-2-3-5-11(10)15/h2-7,9H,8H2,1H3. The molecule has 0 saturated heterocycles. The van der Waals surface area contributed by atoms with E-state index in [0.717, 1.165) is 5.52 Å². The van der Waals surface area contributed by atoms with Crippen molar-refractivity contribution in [2.24, 2.45) is 7.05 Å². The first kappa shape index (κ1) is 11.6. The zero-order chi connectivity index (χ0) is 13.2. The van der Waals surface area contributed by atoms with Gasteiger partial charge in [-0.2, -0.15) is 0 Å². The Hall–Kier alpha value is -2.43. The van der Waals surface area contributed by atoms with Crippen LogP contribution in [0, 0.1) is 5.82 Å². The van der Waals surface area contributed by atoms with E-state index in [0.29, 0.717) is 17.0 Å². The van der Waals surface area contributed by atoms with E-state index >= 15 is 0 Å². The van der Waals surface area contributed by atoms with E-state index in [1.807, 2.05) is 17.7 Å². The molecule has 2 heterocycles. The highest BCUT2D eigenvalue weighted by molar-refractivity contribution is 5.79. The quantitative estimate of drug-likeness (QED) is 0.724. The first-order valence-electron chi connectivity index (χ1n) is 5.88. The lowest BCUT2D eigenvalue weighted by atomic mass is 10.2. The topological polar surface area (TPSA) is 39.9 Å². The third kappa shape index (κ3) is 2.14. The summed E-state index contributed by atoms with van der Waals surface area (Å²) in [5.74, 6) is 0.136. The van der Waals surface area contributed by atoms with Crippen molar-refractivity contribution in [3.63, 3.8) is 0 Å². The van der Waals surface area contributed by atoms with Gasteiger partial charge in [-0.05, 0) is 12.1 Å². The molecule has 0 N–H and O–H groups in total. The molecule has 0 spiro atoms. The van der Waals surface area contributed by atoms with Gasteiger partial charge in [0.05, 0.1) is 11.8 Å². The number of pyridine rings is 1. The summed E-state index contributed by atoms with van der Waals surface area (Å²) in [6, 6.07) is 8.38. The van der Waals surface area contributed by atoms with Crippen molar-refractivity contribution < 1.29 is 9.13 Å². The number of hydrogen-bond acceptors (Lipinski definition) is 3. The van der Waals surface area contributed by atoms with Crippen molar-refractivity contribution in [1.82, 2.24) is 14.5 Å². The van der Waals surface area contributed by atoms with Crippen LogP contribution in [0.2, 0.25) is 0 Å². The molecule has 0 atom stereocenters. The lowest BCUT2D eigenvalue weighted by molar-refractivity contribution is 0.291. The molecule has 0 bridgehead atoms. The average Bonchev–Trinajstić information content (AvgIpc) is 2.81. The fraction of sp³-hybridized carbons (Fsp3) is 0.143. The fourth-order valence-electron chi connectivity index (χ4n) is 1.90. The molecular formula is C14H12FN3O. The maximum Gasteiger partial charge on any atom is 0.242 e. The summed E-state index contributed by atoms with van der Waals surface area (Å²) in [6.45, 7) is 0.134. The molecule has 3 aromatic rings. The minimum absolute atomic E-state index is 0.134. The third-order valence-electron chi connectivity index (χ3n) is 2.93. The molecule has 19 heavy (non-hydrogen) atoms. The smallest absolute Gasteiger partial charge is 0.242 e. The second-order valence-electron chi connectivity index (χ2n) is 4.22. The summed E-state index contributed by atoms with van der Waals surface area (Å²) in [4.78, 5) is 8.38. The Balaban J connectivity index is 1.88. The molecule has 0 aliphatic rings. The molecule has 2 aromatic heterocycles. The maximum absolute atomic E-state index is 13.5. The number of rotatable bonds is 3. The van der Waals surface area contributed by atoms with E-state index < -0.39 is 0 Å². The van der Waals surface area contributed by atoms with Gasteiger partial charge >= 0.3 is 0 Å². The van der Waals surface area contributed by atoms with Gasteiger partial charge in [0, 0.05) is 18.8 Å². The summed E-state index contributed by atoms with van der Waals surface area (Å²) in [6.07, 6.45) is 3.35. The van der Waals surface area contributed by atoms with Crippen LogP contribution in [0.25, 0.3) is 11.0 Å². The summed E-state index contributed by atoms with van der Waals surface area (Å²) in [7, 11) is 1.90. The average molecular weight is 257 g/mol. The predicted octanol–water partition coefficient (Wildman–Crippen LogP) is 2.69. The highest BCUT2D eigenvalue weighted by Gasteiger charge is 2.09. The number of halogens is 1. The fourth-order valence-corrected chi connectivity index (χ4v) is 1.90. The maximum atomic E-state index is 13.5. The third-order valence-corrected chi connectivity index (χ3v) is 2.93. The minimum Gasteiger partial charge on any atom is -0.471 e. The normalized spacial score (nSPS) is 10.8. The van der Waals surface area contributed by atoms with Gasteiger partial charge < -0.3 is 9.30 Å². The van der Waals surface area contributed by atoms with Crippen molar-refractivity contribution >= 4 is 11.0 Å². The van der Waals surface area contributed by atoms with Crippen LogP contribution >= 0.6 is 0 Å². The lowest BCUT2D eigenvalue weighted by Gasteiger charge is -2.06. The SMILES string of the molecule is Cn1cnc2c(OCc3ccccc3F)nccc21. The Kier molecular flexibility index (Phi) is 2.87. The highest BCUT2D eigenvalue weighted by atomic mass is 19.1. The summed E-state index contributed by atoms with van der Waals surface area (Å²) < 4.78 is 20.9. The molecule has 1 aromatic carbocycles. The molecule has 0 amide bonds. The summed E-state index contributed by atoms with van der Waals surface area (Å²) in [5, 5.41) is 0. The Morgan fingerprint density at radius 2 is 2.05 bits per heavy atom. The first-order chi connectivity index (χ1) is 9.25. The molecule has 0 saturated carbocycles. The Morgan fingerprint density at radius 1 is 1.21 bits per heavy atom. The number of fused-ring (bicyclic) bond motifs is 1. The molecule has 3 rings (SSSR count). The van der Waals surface area contributed by atoms with E-state index in [1.165, 1.54) is 6.07 Å². The van der Waals surface area contributed by atoms with Crippen molar-refractivity contribution in [3.8, 4) is 5.88 Å². The number of benzene rings is 1. The molecule has 96 valence electrons. The van der Waals surface area contributed by atoms with Crippen LogP contribution in [0.4, 0.5) is 4.39 Å². The predicted molar refractivity (Wildman–Crippen MR) is 69.2 cm³/mol. The molecule has 4 nitrogen and oxygen atoms in total. The molecular weight excluding hydrogens is 245 g/mol. The molecule has 0 aliphatic carbocycles. The summed E-state index contributed by atoms with van der Waals surface area (Å²) in [5.41, 5.74) is 2.11. The van der Waals surface area contributed by atoms with Gasteiger partial charge in [0.25, 0.3) is 0 Å². The molecule has 0 fully saturated rings. The van der Waals surface area contributed by atoms with Crippen molar-refractivity contribution in [2.75, 3.05) is 0 Å². The monoisotopic (exact) mass is 257 g/mol.